The van der Waals surface area contributed by atoms with E-state index in [0.29, 0.717) is 23.3 Å². The summed E-state index contributed by atoms with van der Waals surface area (Å²) >= 11 is 0. The summed E-state index contributed by atoms with van der Waals surface area (Å²) in [7, 11) is -3.94. The first-order valence-electron chi connectivity index (χ1n) is 11.3. The topological polar surface area (TPSA) is 160 Å². The lowest BCUT2D eigenvalue weighted by Crippen LogP contribution is -2.47. The molecule has 2 aromatic heterocycles. The Hall–Kier alpha value is -4.49. The number of anilines is 2. The number of sulfonamides is 1. The molecule has 3 N–H and O–H groups in total. The predicted octanol–water partition coefficient (Wildman–Crippen LogP) is 3.21. The van der Waals surface area contributed by atoms with Gasteiger partial charge in [0, 0.05) is 35.2 Å². The highest BCUT2D eigenvalue weighted by Gasteiger charge is 2.52. The van der Waals surface area contributed by atoms with E-state index in [1.165, 1.54) is 67.1 Å². The van der Waals surface area contributed by atoms with Crippen LogP contribution in [-0.2, 0) is 14.8 Å². The molecule has 1 amide bonds. The van der Waals surface area contributed by atoms with Crippen LogP contribution in [0.15, 0.2) is 88.6 Å². The minimum absolute atomic E-state index is 0.00929. The monoisotopic (exact) mass is 536 g/mol. The van der Waals surface area contributed by atoms with E-state index >= 15 is 0 Å². The van der Waals surface area contributed by atoms with Gasteiger partial charge in [0.15, 0.2) is 5.60 Å². The molecular formula is C25H21FN6O5S. The molecule has 2 heterocycles. The largest absolute Gasteiger partial charge is 0.415 e. The van der Waals surface area contributed by atoms with E-state index in [1.807, 2.05) is 0 Å². The molecule has 4 aromatic rings. The maximum absolute atomic E-state index is 13.4. The van der Waals surface area contributed by atoms with Crippen molar-refractivity contribution in [2.75, 3.05) is 16.7 Å². The highest BCUT2D eigenvalue weighted by molar-refractivity contribution is 7.92. The molecule has 1 aliphatic rings. The Morgan fingerprint density at radius 2 is 1.74 bits per heavy atom. The lowest BCUT2D eigenvalue weighted by Gasteiger charge is -2.23. The third-order valence-corrected chi connectivity index (χ3v) is 7.38. The lowest BCUT2D eigenvalue weighted by atomic mass is 9.97. The summed E-state index contributed by atoms with van der Waals surface area (Å²) in [4.78, 5) is 20.5. The molecule has 0 saturated heterocycles. The normalized spacial score (nSPS) is 16.5. The molecule has 1 aliphatic carbocycles. The molecule has 13 heteroatoms. The molecule has 2 unspecified atom stereocenters. The molecule has 194 valence electrons. The van der Waals surface area contributed by atoms with Gasteiger partial charge in [-0.15, -0.1) is 10.2 Å². The van der Waals surface area contributed by atoms with Gasteiger partial charge in [-0.1, -0.05) is 12.2 Å². The summed E-state index contributed by atoms with van der Waals surface area (Å²) in [5, 5.41) is 20.7. The fourth-order valence-corrected chi connectivity index (χ4v) is 4.79. The number of nitrogens with zero attached hydrogens (tertiary/aromatic N) is 4. The zero-order valence-corrected chi connectivity index (χ0v) is 20.5. The van der Waals surface area contributed by atoms with Gasteiger partial charge >= 0.3 is 0 Å². The van der Waals surface area contributed by atoms with Crippen LogP contribution in [0, 0.1) is 5.92 Å². The van der Waals surface area contributed by atoms with Crippen LogP contribution in [0.1, 0.15) is 6.42 Å². The smallest absolute Gasteiger partial charge is 0.268 e. The molecule has 0 bridgehead atoms. The van der Waals surface area contributed by atoms with Gasteiger partial charge in [-0.05, 0) is 55.0 Å². The Balaban J connectivity index is 1.24. The summed E-state index contributed by atoms with van der Waals surface area (Å²) in [5.74, 6) is -1.14. The number of hydrogen-bond donors (Lipinski definition) is 3. The van der Waals surface area contributed by atoms with Crippen molar-refractivity contribution >= 4 is 27.3 Å². The molecule has 11 nitrogen and oxygen atoms in total. The van der Waals surface area contributed by atoms with Gasteiger partial charge in [0.1, 0.15) is 12.4 Å². The zero-order valence-electron chi connectivity index (χ0n) is 19.7. The summed E-state index contributed by atoms with van der Waals surface area (Å²) in [6.45, 7) is 2.43. The van der Waals surface area contributed by atoms with Crippen LogP contribution in [0.4, 0.5) is 15.8 Å². The van der Waals surface area contributed by atoms with Crippen LogP contribution in [0.25, 0.3) is 23.0 Å². The average Bonchev–Trinajstić information content (AvgIpc) is 3.47. The number of carbonyl (C=O) groups is 1. The van der Waals surface area contributed by atoms with Crippen molar-refractivity contribution in [3.8, 4) is 23.0 Å². The molecule has 2 aromatic carbocycles. The van der Waals surface area contributed by atoms with E-state index < -0.39 is 34.1 Å². The lowest BCUT2D eigenvalue weighted by molar-refractivity contribution is -0.137. The highest BCUT2D eigenvalue weighted by Crippen LogP contribution is 2.45. The number of carbonyl (C=O) groups excluding carboxylic acids is 1. The van der Waals surface area contributed by atoms with Crippen LogP contribution in [0.5, 0.6) is 0 Å². The number of hydrogen-bond acceptors (Lipinski definition) is 9. The second-order valence-corrected chi connectivity index (χ2v) is 10.3. The maximum Gasteiger partial charge on any atom is 0.268 e. The van der Waals surface area contributed by atoms with Crippen LogP contribution in [0.3, 0.4) is 0 Å². The number of halogens is 1. The van der Waals surface area contributed by atoms with Crippen molar-refractivity contribution in [1.29, 1.82) is 0 Å². The van der Waals surface area contributed by atoms with Gasteiger partial charge < -0.3 is 14.8 Å². The third-order valence-electron chi connectivity index (χ3n) is 5.99. The SMILES string of the molecule is C=C1CC1C(O)(CF)C(=O)Nc1ccc(NS(=O)(=O)c2ccc(-c3nnc(-c4cnccn4)o3)cc2)cc1. The molecule has 38 heavy (non-hydrogen) atoms. The number of aromatic nitrogens is 4. The van der Waals surface area contributed by atoms with Crippen LogP contribution >= 0.6 is 0 Å². The first-order chi connectivity index (χ1) is 18.2. The van der Waals surface area contributed by atoms with Crippen molar-refractivity contribution in [2.24, 2.45) is 5.92 Å². The number of rotatable bonds is 9. The Labute approximate surface area is 216 Å². The first kappa shape index (κ1) is 25.2. The minimum atomic E-state index is -3.94. The van der Waals surface area contributed by atoms with Crippen molar-refractivity contribution in [1.82, 2.24) is 20.2 Å². The molecule has 2 atom stereocenters. The Morgan fingerprint density at radius 1 is 1.08 bits per heavy atom. The molecular weight excluding hydrogens is 515 g/mol. The molecule has 0 spiro atoms. The van der Waals surface area contributed by atoms with Gasteiger partial charge in [0.2, 0.25) is 5.89 Å². The van der Waals surface area contributed by atoms with Crippen LogP contribution < -0.4 is 10.0 Å². The number of nitrogens with one attached hydrogen (secondary N) is 2. The van der Waals surface area contributed by atoms with Crippen molar-refractivity contribution in [3.63, 3.8) is 0 Å². The van der Waals surface area contributed by atoms with E-state index in [0.717, 1.165) is 0 Å². The highest BCUT2D eigenvalue weighted by atomic mass is 32.2. The van der Waals surface area contributed by atoms with E-state index in [1.54, 1.807) is 0 Å². The summed E-state index contributed by atoms with van der Waals surface area (Å²) in [6.07, 6.45) is 4.87. The molecule has 1 saturated carbocycles. The summed E-state index contributed by atoms with van der Waals surface area (Å²) < 4.78 is 47.2. The average molecular weight is 537 g/mol. The molecule has 0 radical (unpaired) electrons. The molecule has 1 fully saturated rings. The van der Waals surface area contributed by atoms with Crippen molar-refractivity contribution in [3.05, 3.63) is 79.3 Å². The number of amides is 1. The maximum atomic E-state index is 13.4. The van der Waals surface area contributed by atoms with Crippen molar-refractivity contribution < 1.29 is 27.1 Å². The van der Waals surface area contributed by atoms with E-state index in [4.69, 9.17) is 4.42 Å². The van der Waals surface area contributed by atoms with E-state index in [9.17, 15) is 22.7 Å². The first-order valence-corrected chi connectivity index (χ1v) is 12.8. The standard InChI is InChI=1S/C25H21FN6O5S/c1-15-12-20(15)25(34,14-26)24(33)29-17-4-6-18(7-5-17)32-38(35,36)19-8-2-16(3-9-19)22-30-31-23(37-22)21-13-27-10-11-28-21/h2-11,13,20,32,34H,1,12,14H2,(H,29,33). The Morgan fingerprint density at radius 3 is 2.34 bits per heavy atom. The van der Waals surface area contributed by atoms with Crippen LogP contribution in [-0.4, -0.2) is 51.9 Å². The zero-order chi connectivity index (χ0) is 26.9. The van der Waals surface area contributed by atoms with E-state index in [-0.39, 0.29) is 28.1 Å². The number of alkyl halides is 1. The van der Waals surface area contributed by atoms with Gasteiger partial charge in [0.05, 0.1) is 11.1 Å². The van der Waals surface area contributed by atoms with Crippen LogP contribution in [0.2, 0.25) is 0 Å². The molecule has 5 rings (SSSR count). The third kappa shape index (κ3) is 5.01. The second kappa shape index (κ2) is 9.76. The number of benzene rings is 2. The summed E-state index contributed by atoms with van der Waals surface area (Å²) in [5.41, 5.74) is -0.152. The fourth-order valence-electron chi connectivity index (χ4n) is 3.73. The minimum Gasteiger partial charge on any atom is -0.415 e. The van der Waals surface area contributed by atoms with E-state index in [2.05, 4.69) is 36.8 Å². The quantitative estimate of drug-likeness (QED) is 0.273. The second-order valence-electron chi connectivity index (χ2n) is 8.64. The molecule has 0 aliphatic heterocycles. The number of aliphatic hydroxyl groups is 1. The fraction of sp³-hybridized carbons (Fsp3) is 0.160. The van der Waals surface area contributed by atoms with Gasteiger partial charge in [-0.3, -0.25) is 14.5 Å². The van der Waals surface area contributed by atoms with Crippen molar-refractivity contribution in [2.45, 2.75) is 16.9 Å². The Bertz CT molecular complexity index is 1590. The van der Waals surface area contributed by atoms with Gasteiger partial charge in [0.25, 0.3) is 21.8 Å². The Kier molecular flexibility index (Phi) is 6.46. The predicted molar refractivity (Wildman–Crippen MR) is 135 cm³/mol. The summed E-state index contributed by atoms with van der Waals surface area (Å²) in [6, 6.07) is 11.6. The van der Waals surface area contributed by atoms with Gasteiger partial charge in [-0.25, -0.2) is 17.8 Å². The van der Waals surface area contributed by atoms with Gasteiger partial charge in [-0.2, -0.15) is 0 Å².